The number of hydrogen-bond donors (Lipinski definition) is 1. The van der Waals surface area contributed by atoms with E-state index in [1.165, 1.54) is 0 Å². The Morgan fingerprint density at radius 3 is 3.00 bits per heavy atom. The second-order valence-corrected chi connectivity index (χ2v) is 4.69. The van der Waals surface area contributed by atoms with Gasteiger partial charge in [0.2, 0.25) is 0 Å². The molecule has 0 spiro atoms. The number of rotatable bonds is 5. The maximum absolute atomic E-state index is 4.17. The molecule has 78 valence electrons. The summed E-state index contributed by atoms with van der Waals surface area (Å²) in [4.78, 5) is 8.09. The Labute approximate surface area is 97.2 Å². The molecule has 1 N–H and O–H groups in total. The molecule has 3 nitrogen and oxygen atoms in total. The molecule has 0 fully saturated rings. The Kier molecular flexibility index (Phi) is 5.25. The summed E-state index contributed by atoms with van der Waals surface area (Å²) in [6.45, 7) is 2.17. The van der Waals surface area contributed by atoms with E-state index >= 15 is 0 Å². The van der Waals surface area contributed by atoms with Crippen LogP contribution in [0.5, 0.6) is 0 Å². The standard InChI is InChI=1S/C9H14BrN3S/c1-3-7(5-14-2)13-9-8(10)4-11-6-12-9/h4,6-7H,3,5H2,1-2H3,(H,11,12,13). The van der Waals surface area contributed by atoms with Crippen molar-refractivity contribution in [2.75, 3.05) is 17.3 Å². The van der Waals surface area contributed by atoms with Crippen molar-refractivity contribution in [3.63, 3.8) is 0 Å². The van der Waals surface area contributed by atoms with Crippen LogP contribution in [0.4, 0.5) is 5.82 Å². The van der Waals surface area contributed by atoms with E-state index < -0.39 is 0 Å². The van der Waals surface area contributed by atoms with Gasteiger partial charge in [-0.1, -0.05) is 6.92 Å². The molecule has 0 aliphatic rings. The summed E-state index contributed by atoms with van der Waals surface area (Å²) in [6, 6.07) is 0.469. The summed E-state index contributed by atoms with van der Waals surface area (Å²) in [5.41, 5.74) is 0. The molecular weight excluding hydrogens is 262 g/mol. The molecule has 0 bridgehead atoms. The predicted octanol–water partition coefficient (Wildman–Crippen LogP) is 2.79. The van der Waals surface area contributed by atoms with Gasteiger partial charge in [-0.3, -0.25) is 0 Å². The average Bonchev–Trinajstić information content (AvgIpc) is 2.20. The highest BCUT2D eigenvalue weighted by molar-refractivity contribution is 9.10. The molecule has 0 saturated heterocycles. The van der Waals surface area contributed by atoms with E-state index in [1.54, 1.807) is 12.5 Å². The molecule has 1 heterocycles. The van der Waals surface area contributed by atoms with Crippen molar-refractivity contribution in [3.8, 4) is 0 Å². The van der Waals surface area contributed by atoms with E-state index in [0.29, 0.717) is 6.04 Å². The maximum atomic E-state index is 4.17. The van der Waals surface area contributed by atoms with Crippen LogP contribution in [0.1, 0.15) is 13.3 Å². The van der Waals surface area contributed by atoms with Crippen molar-refractivity contribution in [1.29, 1.82) is 0 Å². The number of hydrogen-bond acceptors (Lipinski definition) is 4. The fraction of sp³-hybridized carbons (Fsp3) is 0.556. The van der Waals surface area contributed by atoms with Gasteiger partial charge in [0.1, 0.15) is 12.1 Å². The van der Waals surface area contributed by atoms with Gasteiger partial charge in [0, 0.05) is 18.0 Å². The van der Waals surface area contributed by atoms with Crippen LogP contribution in [0.15, 0.2) is 17.0 Å². The lowest BCUT2D eigenvalue weighted by Gasteiger charge is -2.16. The first-order valence-electron chi connectivity index (χ1n) is 4.49. The van der Waals surface area contributed by atoms with Crippen molar-refractivity contribution in [3.05, 3.63) is 17.0 Å². The molecule has 0 aliphatic carbocycles. The van der Waals surface area contributed by atoms with Crippen LogP contribution < -0.4 is 5.32 Å². The molecule has 5 heteroatoms. The van der Waals surface area contributed by atoms with Crippen molar-refractivity contribution in [1.82, 2.24) is 9.97 Å². The quantitative estimate of drug-likeness (QED) is 0.897. The van der Waals surface area contributed by atoms with Crippen LogP contribution in [-0.2, 0) is 0 Å². The summed E-state index contributed by atoms with van der Waals surface area (Å²) in [6.07, 6.45) is 6.51. The molecule has 0 amide bonds. The molecule has 1 atom stereocenters. The van der Waals surface area contributed by atoms with Gasteiger partial charge in [0.15, 0.2) is 0 Å². The zero-order valence-corrected chi connectivity index (χ0v) is 10.7. The monoisotopic (exact) mass is 275 g/mol. The highest BCUT2D eigenvalue weighted by atomic mass is 79.9. The number of anilines is 1. The Morgan fingerprint density at radius 2 is 2.43 bits per heavy atom. The van der Waals surface area contributed by atoms with Gasteiger partial charge in [-0.15, -0.1) is 0 Å². The minimum atomic E-state index is 0.469. The molecule has 1 aromatic heterocycles. The molecule has 14 heavy (non-hydrogen) atoms. The van der Waals surface area contributed by atoms with Crippen LogP contribution >= 0.6 is 27.7 Å². The van der Waals surface area contributed by atoms with Gasteiger partial charge >= 0.3 is 0 Å². The fourth-order valence-corrected chi connectivity index (χ4v) is 2.13. The second kappa shape index (κ2) is 6.24. The summed E-state index contributed by atoms with van der Waals surface area (Å²) >= 11 is 5.25. The van der Waals surface area contributed by atoms with Gasteiger partial charge in [0.05, 0.1) is 4.47 Å². The molecule has 1 unspecified atom stereocenters. The molecule has 0 radical (unpaired) electrons. The van der Waals surface area contributed by atoms with E-state index in [1.807, 2.05) is 11.8 Å². The largest absolute Gasteiger partial charge is 0.365 e. The third kappa shape index (κ3) is 3.46. The highest BCUT2D eigenvalue weighted by Crippen LogP contribution is 2.19. The van der Waals surface area contributed by atoms with Crippen LogP contribution in [0.3, 0.4) is 0 Å². The van der Waals surface area contributed by atoms with Crippen molar-refractivity contribution in [2.24, 2.45) is 0 Å². The van der Waals surface area contributed by atoms with Crippen molar-refractivity contribution < 1.29 is 0 Å². The van der Waals surface area contributed by atoms with E-state index in [9.17, 15) is 0 Å². The van der Waals surface area contributed by atoms with E-state index in [-0.39, 0.29) is 0 Å². The van der Waals surface area contributed by atoms with Gasteiger partial charge < -0.3 is 5.32 Å². The summed E-state index contributed by atoms with van der Waals surface area (Å²) in [5.74, 6) is 1.97. The first kappa shape index (κ1) is 11.8. The topological polar surface area (TPSA) is 37.8 Å². The normalized spacial score (nSPS) is 12.5. The smallest absolute Gasteiger partial charge is 0.143 e. The first-order valence-corrected chi connectivity index (χ1v) is 6.67. The lowest BCUT2D eigenvalue weighted by molar-refractivity contribution is 0.768. The third-order valence-corrected chi connectivity index (χ3v) is 3.19. The maximum Gasteiger partial charge on any atom is 0.143 e. The number of halogens is 1. The van der Waals surface area contributed by atoms with Gasteiger partial charge in [-0.05, 0) is 28.6 Å². The minimum absolute atomic E-state index is 0.469. The molecule has 0 aromatic carbocycles. The second-order valence-electron chi connectivity index (χ2n) is 2.92. The van der Waals surface area contributed by atoms with Crippen LogP contribution in [0, 0.1) is 0 Å². The van der Waals surface area contributed by atoms with Crippen molar-refractivity contribution >= 4 is 33.5 Å². The van der Waals surface area contributed by atoms with Crippen LogP contribution in [0.2, 0.25) is 0 Å². The minimum Gasteiger partial charge on any atom is -0.365 e. The Hall–Kier alpha value is -0.290. The number of nitrogens with zero attached hydrogens (tertiary/aromatic N) is 2. The number of nitrogens with one attached hydrogen (secondary N) is 1. The number of aromatic nitrogens is 2. The van der Waals surface area contributed by atoms with Crippen LogP contribution in [-0.4, -0.2) is 28.0 Å². The van der Waals surface area contributed by atoms with Crippen molar-refractivity contribution in [2.45, 2.75) is 19.4 Å². The zero-order chi connectivity index (χ0) is 10.4. The zero-order valence-electron chi connectivity index (χ0n) is 8.33. The molecule has 1 aromatic rings. The predicted molar refractivity (Wildman–Crippen MR) is 65.8 cm³/mol. The Morgan fingerprint density at radius 1 is 1.64 bits per heavy atom. The lowest BCUT2D eigenvalue weighted by Crippen LogP contribution is -2.22. The van der Waals surface area contributed by atoms with Gasteiger partial charge in [0.25, 0.3) is 0 Å². The van der Waals surface area contributed by atoms with E-state index in [0.717, 1.165) is 22.5 Å². The summed E-state index contributed by atoms with van der Waals surface area (Å²) in [5, 5.41) is 3.38. The molecule has 0 saturated carbocycles. The molecular formula is C9H14BrN3S. The van der Waals surface area contributed by atoms with Crippen LogP contribution in [0.25, 0.3) is 0 Å². The fourth-order valence-electron chi connectivity index (χ4n) is 1.07. The first-order chi connectivity index (χ1) is 6.77. The van der Waals surface area contributed by atoms with E-state index in [4.69, 9.17) is 0 Å². The molecule has 0 aliphatic heterocycles. The average molecular weight is 276 g/mol. The van der Waals surface area contributed by atoms with Gasteiger partial charge in [-0.2, -0.15) is 11.8 Å². The number of thioether (sulfide) groups is 1. The summed E-state index contributed by atoms with van der Waals surface area (Å²) < 4.78 is 0.916. The lowest BCUT2D eigenvalue weighted by atomic mass is 10.2. The highest BCUT2D eigenvalue weighted by Gasteiger charge is 2.07. The summed E-state index contributed by atoms with van der Waals surface area (Å²) in [7, 11) is 0. The Balaban J connectivity index is 2.62. The van der Waals surface area contributed by atoms with E-state index in [2.05, 4.69) is 44.4 Å². The third-order valence-electron chi connectivity index (χ3n) is 1.87. The SMILES string of the molecule is CCC(CSC)Nc1ncncc1Br. The van der Waals surface area contributed by atoms with Gasteiger partial charge in [-0.25, -0.2) is 9.97 Å². The Bertz CT molecular complexity index is 283. The molecule has 1 rings (SSSR count).